The van der Waals surface area contributed by atoms with Crippen molar-refractivity contribution in [1.82, 2.24) is 14.9 Å². The Morgan fingerprint density at radius 1 is 1.26 bits per heavy atom. The molecule has 0 bridgehead atoms. The minimum atomic E-state index is -0.712. The Morgan fingerprint density at radius 3 is 2.79 bits per heavy atom. The van der Waals surface area contributed by atoms with Crippen molar-refractivity contribution in [3.05, 3.63) is 65.2 Å². The first kappa shape index (κ1) is 31.5. The Labute approximate surface area is 249 Å². The van der Waals surface area contributed by atoms with Gasteiger partial charge in [0.1, 0.15) is 35.9 Å². The number of halogens is 2. The summed E-state index contributed by atoms with van der Waals surface area (Å²) in [4.78, 5) is 23.3. The van der Waals surface area contributed by atoms with E-state index in [9.17, 15) is 18.8 Å². The van der Waals surface area contributed by atoms with Crippen LogP contribution in [0.4, 0.5) is 26.1 Å². The maximum absolute atomic E-state index is 13.6. The topological polar surface area (TPSA) is 153 Å². The average Bonchev–Trinajstić information content (AvgIpc) is 2.97. The second kappa shape index (κ2) is 15.2. The van der Waals surface area contributed by atoms with Crippen LogP contribution in [0.25, 0.3) is 0 Å². The summed E-state index contributed by atoms with van der Waals surface area (Å²) in [6, 6.07) is 6.60. The van der Waals surface area contributed by atoms with E-state index < -0.39 is 17.7 Å². The smallest absolute Gasteiger partial charge is 0.287 e. The molecule has 1 aromatic carbocycles. The third-order valence-electron chi connectivity index (χ3n) is 7.36. The zero-order valence-corrected chi connectivity index (χ0v) is 24.3. The van der Waals surface area contributed by atoms with Gasteiger partial charge in [-0.3, -0.25) is 15.0 Å². The molecule has 0 unspecified atom stereocenters. The SMILES string of the molecule is CC(=O)[C@H](CCN(CCCCc1ccc2c(n1)NCCC2)CCOc1cc(F)cc(F)c1)Nc1c(N)c(C=N)nc[n+]1O. The molecular formula is C30H39F2N8O3+. The van der Waals surface area contributed by atoms with Gasteiger partial charge in [-0.1, -0.05) is 10.8 Å². The fourth-order valence-corrected chi connectivity index (χ4v) is 4.99. The van der Waals surface area contributed by atoms with Crippen LogP contribution in [0.3, 0.4) is 0 Å². The molecule has 1 atom stereocenters. The van der Waals surface area contributed by atoms with E-state index in [1.807, 2.05) is 0 Å². The number of Topliss-reactive ketones (excluding diaryl/α,β-unsaturated/α-hetero) is 1. The van der Waals surface area contributed by atoms with Gasteiger partial charge in [-0.25, -0.2) is 13.8 Å². The molecule has 3 heterocycles. The van der Waals surface area contributed by atoms with Gasteiger partial charge in [-0.15, -0.1) is 4.98 Å². The van der Waals surface area contributed by atoms with E-state index in [0.717, 1.165) is 80.9 Å². The lowest BCUT2D eigenvalue weighted by molar-refractivity contribution is -0.895. The predicted octanol–water partition coefficient (Wildman–Crippen LogP) is 3.38. The van der Waals surface area contributed by atoms with Gasteiger partial charge < -0.3 is 26.4 Å². The van der Waals surface area contributed by atoms with Crippen molar-refractivity contribution < 1.29 is 28.2 Å². The molecule has 43 heavy (non-hydrogen) atoms. The molecule has 0 radical (unpaired) electrons. The first-order chi connectivity index (χ1) is 20.7. The summed E-state index contributed by atoms with van der Waals surface area (Å²) in [5, 5.41) is 24.0. The van der Waals surface area contributed by atoms with E-state index in [2.05, 4.69) is 32.7 Å². The van der Waals surface area contributed by atoms with Gasteiger partial charge in [0.15, 0.2) is 17.2 Å². The third-order valence-corrected chi connectivity index (χ3v) is 7.36. The number of carbonyl (C=O) groups excluding carboxylic acids is 1. The third kappa shape index (κ3) is 9.05. The number of aromatic nitrogens is 3. The van der Waals surface area contributed by atoms with Crippen LogP contribution in [0.5, 0.6) is 5.75 Å². The number of nitrogens with one attached hydrogen (secondary N) is 3. The van der Waals surface area contributed by atoms with Gasteiger partial charge in [0.25, 0.3) is 12.1 Å². The van der Waals surface area contributed by atoms with Gasteiger partial charge >= 0.3 is 0 Å². The molecule has 230 valence electrons. The molecule has 6 N–H and O–H groups in total. The van der Waals surface area contributed by atoms with E-state index in [1.54, 1.807) is 0 Å². The number of nitrogens with two attached hydrogens (primary N) is 1. The number of benzene rings is 1. The van der Waals surface area contributed by atoms with Crippen molar-refractivity contribution in [3.8, 4) is 5.75 Å². The lowest BCUT2D eigenvalue weighted by atomic mass is 10.1. The number of ether oxygens (including phenoxy) is 1. The second-order valence-electron chi connectivity index (χ2n) is 10.6. The zero-order chi connectivity index (χ0) is 30.8. The maximum atomic E-state index is 13.6. The summed E-state index contributed by atoms with van der Waals surface area (Å²) >= 11 is 0. The van der Waals surface area contributed by atoms with Gasteiger partial charge in [0.05, 0.1) is 6.21 Å². The quantitative estimate of drug-likeness (QED) is 0.0724. The van der Waals surface area contributed by atoms with Crippen LogP contribution in [0.1, 0.15) is 49.6 Å². The molecule has 1 aliphatic heterocycles. The number of pyridine rings is 1. The van der Waals surface area contributed by atoms with Gasteiger partial charge in [0.2, 0.25) is 0 Å². The highest BCUT2D eigenvalue weighted by molar-refractivity contribution is 5.88. The number of anilines is 3. The van der Waals surface area contributed by atoms with E-state index in [4.69, 9.17) is 20.9 Å². The van der Waals surface area contributed by atoms with E-state index in [0.29, 0.717) is 30.8 Å². The minimum absolute atomic E-state index is 0.0461. The fraction of sp³-hybridized carbons (Fsp3) is 0.433. The molecule has 0 aliphatic carbocycles. The lowest BCUT2D eigenvalue weighted by Crippen LogP contribution is -2.42. The van der Waals surface area contributed by atoms with Crippen LogP contribution in [0, 0.1) is 17.0 Å². The fourth-order valence-electron chi connectivity index (χ4n) is 4.99. The van der Waals surface area contributed by atoms with Crippen LogP contribution in [-0.4, -0.2) is 70.9 Å². The van der Waals surface area contributed by atoms with Crippen LogP contribution in [-0.2, 0) is 17.6 Å². The first-order valence-electron chi connectivity index (χ1n) is 14.4. The van der Waals surface area contributed by atoms with E-state index >= 15 is 0 Å². The summed E-state index contributed by atoms with van der Waals surface area (Å²) in [7, 11) is 0. The normalized spacial score (nSPS) is 13.2. The van der Waals surface area contributed by atoms with Crippen molar-refractivity contribution in [3.63, 3.8) is 0 Å². The number of aryl methyl sites for hydroxylation is 2. The average molecular weight is 598 g/mol. The Morgan fingerprint density at radius 2 is 2.05 bits per heavy atom. The molecule has 4 rings (SSSR count). The number of ketones is 1. The summed E-state index contributed by atoms with van der Waals surface area (Å²) in [5.41, 5.74) is 8.54. The molecule has 1 aliphatic rings. The number of hydrogen-bond acceptors (Lipinski definition) is 10. The number of nitrogens with zero attached hydrogens (tertiary/aromatic N) is 4. The molecule has 2 aromatic heterocycles. The number of rotatable bonds is 16. The highest BCUT2D eigenvalue weighted by atomic mass is 19.1. The number of hydrogen-bond donors (Lipinski definition) is 5. The van der Waals surface area contributed by atoms with Crippen LogP contribution >= 0.6 is 0 Å². The summed E-state index contributed by atoms with van der Waals surface area (Å²) < 4.78 is 33.5. The van der Waals surface area contributed by atoms with Crippen molar-refractivity contribution in [1.29, 1.82) is 5.41 Å². The molecule has 0 saturated heterocycles. The Kier molecular flexibility index (Phi) is 11.1. The van der Waals surface area contributed by atoms with E-state index in [1.165, 1.54) is 12.5 Å². The zero-order valence-electron chi connectivity index (χ0n) is 24.3. The van der Waals surface area contributed by atoms with Gasteiger partial charge in [-0.2, -0.15) is 0 Å². The van der Waals surface area contributed by atoms with E-state index in [-0.39, 0.29) is 35.3 Å². The monoisotopic (exact) mass is 597 g/mol. The molecular weight excluding hydrogens is 558 g/mol. The Hall–Kier alpha value is -4.39. The second-order valence-corrected chi connectivity index (χ2v) is 10.6. The Balaban J connectivity index is 1.37. The number of nitrogen functional groups attached to an aromatic ring is 1. The van der Waals surface area contributed by atoms with Gasteiger partial charge in [-0.05, 0) is 57.2 Å². The number of unbranched alkanes of at least 4 members (excludes halogenated alkanes) is 1. The van der Waals surface area contributed by atoms with Crippen molar-refractivity contribution >= 4 is 29.3 Å². The standard InChI is InChI=1S/C30H38F2N8O3/c1-20(41)26(38-30-28(34)27(18-33)36-19-40(30)42)9-12-39(13-14-43-25-16-22(31)15-23(32)17-25)11-3-2-6-24-8-7-21-5-4-10-35-29(21)37-24/h7-8,15-19,26,42H,2-6,9-14H2,1H3,(H4,33,34,35,37)/p+1/t26-/m0/s1. The number of carbonyl (C=O) groups is 1. The van der Waals surface area contributed by atoms with Crippen LogP contribution < -0.4 is 25.8 Å². The predicted molar refractivity (Wildman–Crippen MR) is 159 cm³/mol. The summed E-state index contributed by atoms with van der Waals surface area (Å²) in [6.45, 7) is 4.22. The van der Waals surface area contributed by atoms with Crippen LogP contribution in [0.15, 0.2) is 36.7 Å². The highest BCUT2D eigenvalue weighted by Crippen LogP contribution is 2.21. The first-order valence-corrected chi connectivity index (χ1v) is 14.4. The Bertz CT molecular complexity index is 1400. The van der Waals surface area contributed by atoms with Crippen LogP contribution in [0.2, 0.25) is 0 Å². The molecule has 3 aromatic rings. The molecule has 11 nitrogen and oxygen atoms in total. The minimum Gasteiger partial charge on any atom is -0.492 e. The largest absolute Gasteiger partial charge is 0.492 e. The lowest BCUT2D eigenvalue weighted by Gasteiger charge is -2.24. The molecule has 0 fully saturated rings. The van der Waals surface area contributed by atoms with Crippen molar-refractivity contribution in [2.45, 2.75) is 51.5 Å². The van der Waals surface area contributed by atoms with Gasteiger partial charge in [0, 0.05) is 49.9 Å². The highest BCUT2D eigenvalue weighted by Gasteiger charge is 2.25. The molecule has 0 spiro atoms. The van der Waals surface area contributed by atoms with Crippen molar-refractivity contribution in [2.75, 3.05) is 49.2 Å². The van der Waals surface area contributed by atoms with Crippen molar-refractivity contribution in [2.24, 2.45) is 0 Å². The number of fused-ring (bicyclic) bond motifs is 1. The molecule has 13 heteroatoms. The molecule has 0 amide bonds. The maximum Gasteiger partial charge on any atom is 0.287 e. The summed E-state index contributed by atoms with van der Waals surface area (Å²) in [5.74, 6) is -0.428. The summed E-state index contributed by atoms with van der Waals surface area (Å²) in [6.07, 6.45) is 7.18. The molecule has 0 saturated carbocycles.